The van der Waals surface area contributed by atoms with E-state index in [-0.39, 0.29) is 5.92 Å². The van der Waals surface area contributed by atoms with Crippen LogP contribution in [-0.2, 0) is 4.79 Å². The molecule has 2 fully saturated rings. The Morgan fingerprint density at radius 2 is 2.12 bits per heavy atom. The van der Waals surface area contributed by atoms with Crippen LogP contribution in [0.1, 0.15) is 40.0 Å². The third-order valence-corrected chi connectivity index (χ3v) is 4.40. The van der Waals surface area contributed by atoms with Crippen LogP contribution in [0.25, 0.3) is 0 Å². The maximum atomic E-state index is 12.3. The van der Waals surface area contributed by atoms with Crippen molar-refractivity contribution in [2.45, 2.75) is 46.1 Å². The summed E-state index contributed by atoms with van der Waals surface area (Å²) in [5.74, 6) is 1.93. The topological polar surface area (TPSA) is 32.3 Å². The molecule has 98 valence electrons. The number of carbonyl (C=O) groups excluding carboxylic acids is 1. The fraction of sp³-hybridized carbons (Fsp3) is 0.929. The summed E-state index contributed by atoms with van der Waals surface area (Å²) in [5, 5.41) is 3.52. The number of likely N-dealkylation sites (tertiary alicyclic amines) is 1. The van der Waals surface area contributed by atoms with E-state index in [4.69, 9.17) is 0 Å². The molecule has 1 N–H and O–H groups in total. The third-order valence-electron chi connectivity index (χ3n) is 4.40. The highest BCUT2D eigenvalue weighted by Gasteiger charge is 2.37. The first-order valence-electron chi connectivity index (χ1n) is 7.15. The summed E-state index contributed by atoms with van der Waals surface area (Å²) >= 11 is 0. The van der Waals surface area contributed by atoms with E-state index in [1.165, 1.54) is 12.8 Å². The second-order valence-corrected chi connectivity index (χ2v) is 5.84. The van der Waals surface area contributed by atoms with Gasteiger partial charge in [0.05, 0.1) is 0 Å². The number of nitrogens with one attached hydrogen (secondary N) is 1. The quantitative estimate of drug-likeness (QED) is 0.811. The highest BCUT2D eigenvalue weighted by molar-refractivity contribution is 5.79. The van der Waals surface area contributed by atoms with Crippen LogP contribution < -0.4 is 5.32 Å². The fourth-order valence-corrected chi connectivity index (χ4v) is 3.00. The van der Waals surface area contributed by atoms with Crippen LogP contribution in [0.5, 0.6) is 0 Å². The second-order valence-electron chi connectivity index (χ2n) is 5.84. The van der Waals surface area contributed by atoms with Crippen LogP contribution >= 0.6 is 0 Å². The molecule has 0 aromatic rings. The van der Waals surface area contributed by atoms with E-state index in [1.54, 1.807) is 0 Å². The van der Waals surface area contributed by atoms with Crippen LogP contribution in [0, 0.1) is 17.8 Å². The molecule has 2 rings (SSSR count). The fourth-order valence-electron chi connectivity index (χ4n) is 3.00. The van der Waals surface area contributed by atoms with Crippen LogP contribution in [0.3, 0.4) is 0 Å². The zero-order chi connectivity index (χ0) is 12.4. The molecule has 0 aromatic heterocycles. The van der Waals surface area contributed by atoms with Crippen molar-refractivity contribution in [3.8, 4) is 0 Å². The molecule has 17 heavy (non-hydrogen) atoms. The van der Waals surface area contributed by atoms with Crippen molar-refractivity contribution < 1.29 is 4.79 Å². The van der Waals surface area contributed by atoms with E-state index >= 15 is 0 Å². The summed E-state index contributed by atoms with van der Waals surface area (Å²) < 4.78 is 0. The highest BCUT2D eigenvalue weighted by atomic mass is 16.2. The number of hydrogen-bond acceptors (Lipinski definition) is 2. The lowest BCUT2D eigenvalue weighted by Gasteiger charge is -2.38. The molecule has 2 aliphatic rings. The van der Waals surface area contributed by atoms with Crippen LogP contribution in [-0.4, -0.2) is 36.5 Å². The van der Waals surface area contributed by atoms with Gasteiger partial charge >= 0.3 is 0 Å². The lowest BCUT2D eigenvalue weighted by Crippen LogP contribution is -2.51. The smallest absolute Gasteiger partial charge is 0.225 e. The Bertz CT molecular complexity index is 275. The molecule has 3 unspecified atom stereocenters. The molecule has 3 atom stereocenters. The summed E-state index contributed by atoms with van der Waals surface area (Å²) in [7, 11) is 0. The van der Waals surface area contributed by atoms with Crippen LogP contribution in [0.15, 0.2) is 0 Å². The van der Waals surface area contributed by atoms with Crippen molar-refractivity contribution in [1.82, 2.24) is 10.2 Å². The van der Waals surface area contributed by atoms with Gasteiger partial charge in [-0.2, -0.15) is 0 Å². The van der Waals surface area contributed by atoms with Gasteiger partial charge in [-0.15, -0.1) is 0 Å². The Morgan fingerprint density at radius 3 is 2.65 bits per heavy atom. The number of piperidine rings is 1. The number of hydrogen-bond donors (Lipinski definition) is 1. The van der Waals surface area contributed by atoms with Crippen LogP contribution in [0.2, 0.25) is 0 Å². The summed E-state index contributed by atoms with van der Waals surface area (Å²) in [6, 6.07) is 0.597. The summed E-state index contributed by atoms with van der Waals surface area (Å²) in [6.45, 7) is 9.43. The lowest BCUT2D eigenvalue weighted by molar-refractivity contribution is -0.137. The SMILES string of the molecule is CCNC1CCN(C(=O)C(C)C2CC2)CC1C. The minimum Gasteiger partial charge on any atom is -0.342 e. The molecular weight excluding hydrogens is 212 g/mol. The van der Waals surface area contributed by atoms with Crippen molar-refractivity contribution in [3.05, 3.63) is 0 Å². The number of rotatable bonds is 4. The van der Waals surface area contributed by atoms with Crippen molar-refractivity contribution in [3.63, 3.8) is 0 Å². The first kappa shape index (κ1) is 12.9. The molecule has 3 nitrogen and oxygen atoms in total. The molecular formula is C14H26N2O. The number of nitrogens with zero attached hydrogens (tertiary/aromatic N) is 1. The van der Waals surface area contributed by atoms with Gasteiger partial charge in [-0.1, -0.05) is 20.8 Å². The van der Waals surface area contributed by atoms with Gasteiger partial charge in [0.2, 0.25) is 5.91 Å². The van der Waals surface area contributed by atoms with Gasteiger partial charge in [-0.3, -0.25) is 4.79 Å². The predicted molar refractivity (Wildman–Crippen MR) is 69.7 cm³/mol. The van der Waals surface area contributed by atoms with E-state index in [1.807, 2.05) is 0 Å². The summed E-state index contributed by atoms with van der Waals surface area (Å²) in [6.07, 6.45) is 3.63. The predicted octanol–water partition coefficient (Wildman–Crippen LogP) is 1.88. The van der Waals surface area contributed by atoms with E-state index < -0.39 is 0 Å². The van der Waals surface area contributed by atoms with Gasteiger partial charge in [0.1, 0.15) is 0 Å². The lowest BCUT2D eigenvalue weighted by atomic mass is 9.92. The molecule has 1 saturated heterocycles. The highest BCUT2D eigenvalue weighted by Crippen LogP contribution is 2.37. The standard InChI is InChI=1S/C14H26N2O/c1-4-15-13-7-8-16(9-10(13)2)14(17)11(3)12-5-6-12/h10-13,15H,4-9H2,1-3H3. The average Bonchev–Trinajstić information content (AvgIpc) is 3.14. The Balaban J connectivity index is 1.85. The zero-order valence-corrected chi connectivity index (χ0v) is 11.4. The molecule has 0 spiro atoms. The molecule has 1 aliphatic heterocycles. The van der Waals surface area contributed by atoms with Gasteiger partial charge in [-0.05, 0) is 37.6 Å². The van der Waals surface area contributed by atoms with Gasteiger partial charge in [0.25, 0.3) is 0 Å². The molecule has 0 bridgehead atoms. The normalized spacial score (nSPS) is 31.4. The zero-order valence-electron chi connectivity index (χ0n) is 11.4. The molecule has 1 aliphatic carbocycles. The van der Waals surface area contributed by atoms with Gasteiger partial charge in [0.15, 0.2) is 0 Å². The van der Waals surface area contributed by atoms with E-state index in [0.29, 0.717) is 23.8 Å². The minimum absolute atomic E-state index is 0.262. The first-order chi connectivity index (χ1) is 8.13. The molecule has 1 amide bonds. The maximum absolute atomic E-state index is 12.3. The summed E-state index contributed by atoms with van der Waals surface area (Å²) in [4.78, 5) is 14.4. The Morgan fingerprint density at radius 1 is 1.41 bits per heavy atom. The number of carbonyl (C=O) groups is 1. The average molecular weight is 238 g/mol. The Kier molecular flexibility index (Phi) is 4.08. The molecule has 0 radical (unpaired) electrons. The van der Waals surface area contributed by atoms with Gasteiger partial charge < -0.3 is 10.2 Å². The van der Waals surface area contributed by atoms with Crippen molar-refractivity contribution in [2.75, 3.05) is 19.6 Å². The molecule has 3 heteroatoms. The van der Waals surface area contributed by atoms with Crippen molar-refractivity contribution in [2.24, 2.45) is 17.8 Å². The van der Waals surface area contributed by atoms with E-state index in [0.717, 1.165) is 26.1 Å². The first-order valence-corrected chi connectivity index (χ1v) is 7.15. The molecule has 1 saturated carbocycles. The van der Waals surface area contributed by atoms with E-state index in [9.17, 15) is 4.79 Å². The van der Waals surface area contributed by atoms with Gasteiger partial charge in [-0.25, -0.2) is 0 Å². The van der Waals surface area contributed by atoms with E-state index in [2.05, 4.69) is 31.0 Å². The number of amides is 1. The molecule has 0 aromatic carbocycles. The van der Waals surface area contributed by atoms with Gasteiger partial charge in [0, 0.05) is 25.0 Å². The summed E-state index contributed by atoms with van der Waals surface area (Å²) in [5.41, 5.74) is 0. The minimum atomic E-state index is 0.262. The van der Waals surface area contributed by atoms with Crippen molar-refractivity contribution in [1.29, 1.82) is 0 Å². The largest absolute Gasteiger partial charge is 0.342 e. The Labute approximate surface area is 105 Å². The van der Waals surface area contributed by atoms with Crippen molar-refractivity contribution >= 4 is 5.91 Å². The molecule has 1 heterocycles. The maximum Gasteiger partial charge on any atom is 0.225 e. The monoisotopic (exact) mass is 238 g/mol. The Hall–Kier alpha value is -0.570. The van der Waals surface area contributed by atoms with Crippen LogP contribution in [0.4, 0.5) is 0 Å². The third kappa shape index (κ3) is 3.01. The second kappa shape index (κ2) is 5.38.